The molecule has 1 aromatic rings. The van der Waals surface area contributed by atoms with Crippen LogP contribution in [0.1, 0.15) is 47.5 Å². The van der Waals surface area contributed by atoms with Gasteiger partial charge < -0.3 is 4.74 Å². The van der Waals surface area contributed by atoms with Gasteiger partial charge in [0.05, 0.1) is 10.6 Å². The molecular weight excluding hydrogens is 286 g/mol. The Morgan fingerprint density at radius 3 is 2.14 bits per heavy atom. The lowest BCUT2D eigenvalue weighted by molar-refractivity contribution is 0.126. The first-order valence-electron chi connectivity index (χ1n) is 7.45. The van der Waals surface area contributed by atoms with Gasteiger partial charge in [0, 0.05) is 5.54 Å². The Kier molecular flexibility index (Phi) is 6.23. The summed E-state index contributed by atoms with van der Waals surface area (Å²) in [6, 6.07) is 6.67. The fraction of sp³-hybridized carbons (Fsp3) is 0.625. The lowest BCUT2D eigenvalue weighted by Crippen LogP contribution is -2.46. The zero-order valence-corrected chi connectivity index (χ0v) is 14.5. The third-order valence-corrected chi connectivity index (χ3v) is 4.83. The smallest absolute Gasteiger partial charge is 0.178 e. The van der Waals surface area contributed by atoms with Gasteiger partial charge in [-0.05, 0) is 57.9 Å². The van der Waals surface area contributed by atoms with Crippen molar-refractivity contribution in [3.63, 3.8) is 0 Å². The fourth-order valence-electron chi connectivity index (χ4n) is 1.97. The Bertz CT molecular complexity index is 530. The van der Waals surface area contributed by atoms with Crippen molar-refractivity contribution in [3.8, 4) is 5.75 Å². The van der Waals surface area contributed by atoms with Crippen molar-refractivity contribution in [1.29, 1.82) is 0 Å². The molecule has 0 aliphatic rings. The maximum Gasteiger partial charge on any atom is 0.178 e. The van der Waals surface area contributed by atoms with Gasteiger partial charge in [0.15, 0.2) is 9.84 Å². The molecule has 1 atom stereocenters. The highest BCUT2D eigenvalue weighted by Crippen LogP contribution is 2.19. The number of benzene rings is 1. The molecule has 0 spiro atoms. The Morgan fingerprint density at radius 1 is 1.14 bits per heavy atom. The summed E-state index contributed by atoms with van der Waals surface area (Å²) in [4.78, 5) is 0.355. The van der Waals surface area contributed by atoms with Gasteiger partial charge in [-0.25, -0.2) is 8.42 Å². The van der Waals surface area contributed by atoms with Crippen molar-refractivity contribution in [3.05, 3.63) is 24.3 Å². The van der Waals surface area contributed by atoms with E-state index >= 15 is 0 Å². The molecule has 1 rings (SSSR count). The number of sulfone groups is 1. The van der Waals surface area contributed by atoms with Crippen LogP contribution in [0.15, 0.2) is 29.2 Å². The zero-order valence-electron chi connectivity index (χ0n) is 13.6. The molecule has 0 aliphatic heterocycles. The maximum atomic E-state index is 12.0. The van der Waals surface area contributed by atoms with Crippen LogP contribution in [0.4, 0.5) is 0 Å². The molecule has 0 saturated heterocycles. The quantitative estimate of drug-likeness (QED) is 0.784. The summed E-state index contributed by atoms with van der Waals surface area (Å²) >= 11 is 0. The number of ether oxygens (including phenoxy) is 1. The fourth-order valence-corrected chi connectivity index (χ4v) is 3.30. The summed E-state index contributed by atoms with van der Waals surface area (Å²) in [5.74, 6) is 0.852. The van der Waals surface area contributed by atoms with E-state index in [1.165, 1.54) is 0 Å². The summed E-state index contributed by atoms with van der Waals surface area (Å²) in [6.07, 6.45) is 1.35. The van der Waals surface area contributed by atoms with Crippen molar-refractivity contribution in [2.45, 2.75) is 64.1 Å². The summed E-state index contributed by atoms with van der Waals surface area (Å²) in [7, 11) is -3.16. The third kappa shape index (κ3) is 6.06. The van der Waals surface area contributed by atoms with Gasteiger partial charge in [-0.3, -0.25) is 5.32 Å². The molecule has 0 aromatic heterocycles. The van der Waals surface area contributed by atoms with Crippen LogP contribution < -0.4 is 10.1 Å². The van der Waals surface area contributed by atoms with Crippen LogP contribution >= 0.6 is 0 Å². The first kappa shape index (κ1) is 18.0. The van der Waals surface area contributed by atoms with Crippen molar-refractivity contribution < 1.29 is 13.2 Å². The highest BCUT2D eigenvalue weighted by Gasteiger charge is 2.17. The normalized spacial score (nSPS) is 14.0. The molecule has 0 saturated carbocycles. The van der Waals surface area contributed by atoms with Gasteiger partial charge in [0.2, 0.25) is 0 Å². The molecule has 0 amide bonds. The largest absolute Gasteiger partial charge is 0.475 e. The topological polar surface area (TPSA) is 55.4 Å². The first-order valence-corrected chi connectivity index (χ1v) is 9.10. The molecule has 4 nitrogen and oxygen atoms in total. The maximum absolute atomic E-state index is 12.0. The zero-order chi connectivity index (χ0) is 16.1. The first-order chi connectivity index (χ1) is 9.68. The molecule has 1 aromatic carbocycles. The predicted molar refractivity (Wildman–Crippen MR) is 86.4 cm³/mol. The second kappa shape index (κ2) is 7.27. The monoisotopic (exact) mass is 313 g/mol. The summed E-state index contributed by atoms with van der Waals surface area (Å²) in [6.45, 7) is 10.2. The van der Waals surface area contributed by atoms with E-state index in [4.69, 9.17) is 4.74 Å². The van der Waals surface area contributed by atoms with Gasteiger partial charge in [0.1, 0.15) is 12.0 Å². The lowest BCUT2D eigenvalue weighted by Gasteiger charge is -2.28. The van der Waals surface area contributed by atoms with Gasteiger partial charge in [-0.15, -0.1) is 0 Å². The van der Waals surface area contributed by atoms with E-state index in [-0.39, 0.29) is 17.5 Å². The van der Waals surface area contributed by atoms with Crippen LogP contribution in [0, 0.1) is 0 Å². The van der Waals surface area contributed by atoms with E-state index < -0.39 is 9.84 Å². The lowest BCUT2D eigenvalue weighted by atomic mass is 10.1. The number of hydrogen-bond donors (Lipinski definition) is 1. The molecule has 21 heavy (non-hydrogen) atoms. The average molecular weight is 313 g/mol. The predicted octanol–water partition coefficient (Wildman–Crippen LogP) is 3.37. The molecule has 5 heteroatoms. The Labute approximate surface area is 128 Å². The molecule has 0 aliphatic carbocycles. The van der Waals surface area contributed by atoms with Gasteiger partial charge in [-0.2, -0.15) is 0 Å². The number of hydrogen-bond acceptors (Lipinski definition) is 4. The van der Waals surface area contributed by atoms with Gasteiger partial charge in [0.25, 0.3) is 0 Å². The van der Waals surface area contributed by atoms with Crippen LogP contribution in [0.25, 0.3) is 0 Å². The van der Waals surface area contributed by atoms with E-state index in [2.05, 4.69) is 26.1 Å². The van der Waals surface area contributed by atoms with Crippen LogP contribution in [-0.2, 0) is 9.84 Å². The standard InChI is InChI=1S/C16H27NO3S/c1-6-12-21(18,19)14-10-8-13(9-11-14)20-15(7-2)17-16(3,4)5/h8-11,15,17H,6-7,12H2,1-5H3. The second-order valence-electron chi connectivity index (χ2n) is 6.20. The molecular formula is C16H27NO3S. The van der Waals surface area contributed by atoms with Crippen LogP contribution in [-0.4, -0.2) is 25.9 Å². The third-order valence-electron chi connectivity index (χ3n) is 2.90. The van der Waals surface area contributed by atoms with E-state index in [9.17, 15) is 8.42 Å². The highest BCUT2D eigenvalue weighted by molar-refractivity contribution is 7.91. The minimum Gasteiger partial charge on any atom is -0.475 e. The highest BCUT2D eigenvalue weighted by atomic mass is 32.2. The molecule has 1 N–H and O–H groups in total. The van der Waals surface area contributed by atoms with Crippen LogP contribution in [0.5, 0.6) is 5.75 Å². The van der Waals surface area contributed by atoms with Gasteiger partial charge >= 0.3 is 0 Å². The van der Waals surface area contributed by atoms with Crippen LogP contribution in [0.3, 0.4) is 0 Å². The summed E-state index contributed by atoms with van der Waals surface area (Å²) in [5.41, 5.74) is -0.0366. The van der Waals surface area contributed by atoms with E-state index in [0.717, 1.165) is 6.42 Å². The second-order valence-corrected chi connectivity index (χ2v) is 8.31. The number of nitrogens with one attached hydrogen (secondary N) is 1. The molecule has 0 bridgehead atoms. The summed E-state index contributed by atoms with van der Waals surface area (Å²) in [5, 5.41) is 3.38. The van der Waals surface area contributed by atoms with E-state index in [0.29, 0.717) is 17.1 Å². The SMILES string of the molecule is CCCS(=O)(=O)c1ccc(OC(CC)NC(C)(C)C)cc1. The van der Waals surface area contributed by atoms with E-state index in [1.807, 2.05) is 13.8 Å². The molecule has 120 valence electrons. The average Bonchev–Trinajstić information content (AvgIpc) is 2.37. The molecule has 0 fully saturated rings. The molecule has 1 unspecified atom stereocenters. The Balaban J connectivity index is 2.78. The van der Waals surface area contributed by atoms with Crippen LogP contribution in [0.2, 0.25) is 0 Å². The Hall–Kier alpha value is -1.07. The molecule has 0 heterocycles. The van der Waals surface area contributed by atoms with Gasteiger partial charge in [-0.1, -0.05) is 13.8 Å². The Morgan fingerprint density at radius 2 is 1.71 bits per heavy atom. The van der Waals surface area contributed by atoms with Crippen molar-refractivity contribution >= 4 is 9.84 Å². The van der Waals surface area contributed by atoms with Crippen molar-refractivity contribution in [2.24, 2.45) is 0 Å². The minimum absolute atomic E-state index is 0.0366. The van der Waals surface area contributed by atoms with E-state index in [1.54, 1.807) is 24.3 Å². The van der Waals surface area contributed by atoms with Crippen molar-refractivity contribution in [2.75, 3.05) is 5.75 Å². The summed E-state index contributed by atoms with van der Waals surface area (Å²) < 4.78 is 29.8. The minimum atomic E-state index is -3.16. The molecule has 0 radical (unpaired) electrons. The van der Waals surface area contributed by atoms with Crippen molar-refractivity contribution in [1.82, 2.24) is 5.32 Å². The number of rotatable bonds is 7.